The average molecular weight is 298 g/mol. The molecule has 4 heteroatoms. The molecular weight excluding hydrogens is 276 g/mol. The first-order valence-electron chi connectivity index (χ1n) is 7.82. The second-order valence-electron chi connectivity index (χ2n) is 5.95. The maximum atomic E-state index is 12.4. The van der Waals surface area contributed by atoms with Crippen LogP contribution in [0.1, 0.15) is 37.6 Å². The lowest BCUT2D eigenvalue weighted by Crippen LogP contribution is -2.44. The molecule has 0 radical (unpaired) electrons. The number of anilines is 1. The number of fused-ring (bicyclic) bond motifs is 1. The fraction of sp³-hybridized carbons (Fsp3) is 0.389. The Labute approximate surface area is 131 Å². The number of furan rings is 1. The number of nitrogens with zero attached hydrogens (tertiary/aromatic N) is 1. The Bertz CT molecular complexity index is 636. The fourth-order valence-corrected chi connectivity index (χ4v) is 3.05. The SMILES string of the molecule is CC(NC(=O)CN1c2ccccc2CCC1C)c1ccco1. The van der Waals surface area contributed by atoms with Crippen LogP contribution in [0.3, 0.4) is 0 Å². The molecule has 2 aromatic rings. The van der Waals surface area contributed by atoms with Crippen LogP contribution in [0.2, 0.25) is 0 Å². The monoisotopic (exact) mass is 298 g/mol. The molecule has 4 nitrogen and oxygen atoms in total. The molecule has 0 saturated carbocycles. The van der Waals surface area contributed by atoms with Crippen molar-refractivity contribution in [3.8, 4) is 0 Å². The first kappa shape index (κ1) is 14.7. The van der Waals surface area contributed by atoms with Crippen molar-refractivity contribution in [2.75, 3.05) is 11.4 Å². The summed E-state index contributed by atoms with van der Waals surface area (Å²) < 4.78 is 5.34. The molecule has 0 saturated heterocycles. The van der Waals surface area contributed by atoms with E-state index in [9.17, 15) is 4.79 Å². The molecule has 1 amide bonds. The molecule has 2 unspecified atom stereocenters. The molecule has 1 N–H and O–H groups in total. The molecule has 0 fully saturated rings. The third kappa shape index (κ3) is 3.01. The van der Waals surface area contributed by atoms with Crippen LogP contribution in [0.4, 0.5) is 5.69 Å². The van der Waals surface area contributed by atoms with Crippen LogP contribution in [-0.2, 0) is 11.2 Å². The summed E-state index contributed by atoms with van der Waals surface area (Å²) in [7, 11) is 0. The van der Waals surface area contributed by atoms with E-state index in [0.717, 1.165) is 18.6 Å². The van der Waals surface area contributed by atoms with Crippen molar-refractivity contribution < 1.29 is 9.21 Å². The molecule has 0 aliphatic carbocycles. The van der Waals surface area contributed by atoms with Gasteiger partial charge in [0.15, 0.2) is 0 Å². The zero-order valence-electron chi connectivity index (χ0n) is 13.1. The van der Waals surface area contributed by atoms with E-state index in [1.54, 1.807) is 6.26 Å². The fourth-order valence-electron chi connectivity index (χ4n) is 3.05. The van der Waals surface area contributed by atoms with Crippen molar-refractivity contribution >= 4 is 11.6 Å². The van der Waals surface area contributed by atoms with Gasteiger partial charge in [0.1, 0.15) is 5.76 Å². The molecule has 0 spiro atoms. The van der Waals surface area contributed by atoms with Gasteiger partial charge in [-0.3, -0.25) is 4.79 Å². The predicted molar refractivity (Wildman–Crippen MR) is 86.8 cm³/mol. The van der Waals surface area contributed by atoms with Gasteiger partial charge in [-0.15, -0.1) is 0 Å². The first-order chi connectivity index (χ1) is 10.6. The molecule has 2 atom stereocenters. The minimum atomic E-state index is -0.113. The van der Waals surface area contributed by atoms with Gasteiger partial charge in [-0.2, -0.15) is 0 Å². The van der Waals surface area contributed by atoms with Gasteiger partial charge in [-0.1, -0.05) is 18.2 Å². The Balaban J connectivity index is 1.68. The highest BCUT2D eigenvalue weighted by molar-refractivity contribution is 5.82. The summed E-state index contributed by atoms with van der Waals surface area (Å²) >= 11 is 0. The highest BCUT2D eigenvalue weighted by atomic mass is 16.3. The van der Waals surface area contributed by atoms with Crippen molar-refractivity contribution in [2.24, 2.45) is 0 Å². The minimum absolute atomic E-state index is 0.0208. The van der Waals surface area contributed by atoms with E-state index >= 15 is 0 Å². The molecule has 3 rings (SSSR count). The number of carbonyl (C=O) groups excluding carboxylic acids is 1. The van der Waals surface area contributed by atoms with Gasteiger partial charge < -0.3 is 14.6 Å². The number of hydrogen-bond donors (Lipinski definition) is 1. The average Bonchev–Trinajstić information content (AvgIpc) is 3.04. The van der Waals surface area contributed by atoms with Gasteiger partial charge in [0.05, 0.1) is 18.8 Å². The number of para-hydroxylation sites is 1. The second-order valence-corrected chi connectivity index (χ2v) is 5.95. The number of hydrogen-bond acceptors (Lipinski definition) is 3. The second kappa shape index (κ2) is 6.26. The summed E-state index contributed by atoms with van der Waals surface area (Å²) in [6.45, 7) is 4.49. The Morgan fingerprint density at radius 1 is 1.36 bits per heavy atom. The summed E-state index contributed by atoms with van der Waals surface area (Å²) in [6.07, 6.45) is 3.79. The Morgan fingerprint density at radius 3 is 2.95 bits per heavy atom. The quantitative estimate of drug-likeness (QED) is 0.942. The third-order valence-electron chi connectivity index (χ3n) is 4.33. The van der Waals surface area contributed by atoms with Crippen LogP contribution in [-0.4, -0.2) is 18.5 Å². The maximum absolute atomic E-state index is 12.4. The minimum Gasteiger partial charge on any atom is -0.467 e. The summed E-state index contributed by atoms with van der Waals surface area (Å²) in [5, 5.41) is 3.01. The van der Waals surface area contributed by atoms with Crippen molar-refractivity contribution in [3.05, 3.63) is 54.0 Å². The summed E-state index contributed by atoms with van der Waals surface area (Å²) in [5.74, 6) is 0.799. The molecular formula is C18H22N2O2. The standard InChI is InChI=1S/C18H22N2O2/c1-13-9-10-15-6-3-4-7-16(15)20(13)12-18(21)19-14(2)17-8-5-11-22-17/h3-8,11,13-14H,9-10,12H2,1-2H3,(H,19,21). The van der Waals surface area contributed by atoms with Gasteiger partial charge in [0.25, 0.3) is 0 Å². The molecule has 1 aliphatic rings. The van der Waals surface area contributed by atoms with Gasteiger partial charge in [-0.05, 0) is 50.5 Å². The van der Waals surface area contributed by atoms with Crippen LogP contribution in [0.15, 0.2) is 47.1 Å². The first-order valence-corrected chi connectivity index (χ1v) is 7.82. The van der Waals surface area contributed by atoms with Crippen LogP contribution in [0.25, 0.3) is 0 Å². The van der Waals surface area contributed by atoms with E-state index in [1.165, 1.54) is 11.3 Å². The van der Waals surface area contributed by atoms with E-state index in [1.807, 2.05) is 25.1 Å². The smallest absolute Gasteiger partial charge is 0.240 e. The lowest BCUT2D eigenvalue weighted by atomic mass is 9.96. The number of benzene rings is 1. The molecule has 22 heavy (non-hydrogen) atoms. The van der Waals surface area contributed by atoms with Crippen molar-refractivity contribution in [1.82, 2.24) is 5.32 Å². The predicted octanol–water partition coefficient (Wildman–Crippen LogP) is 3.30. The van der Waals surface area contributed by atoms with E-state index in [-0.39, 0.29) is 11.9 Å². The number of nitrogens with one attached hydrogen (secondary N) is 1. The third-order valence-corrected chi connectivity index (χ3v) is 4.33. The largest absolute Gasteiger partial charge is 0.467 e. The van der Waals surface area contributed by atoms with E-state index < -0.39 is 0 Å². The van der Waals surface area contributed by atoms with Crippen molar-refractivity contribution in [2.45, 2.75) is 38.8 Å². The zero-order chi connectivity index (χ0) is 15.5. The Hall–Kier alpha value is -2.23. The highest BCUT2D eigenvalue weighted by Gasteiger charge is 2.25. The van der Waals surface area contributed by atoms with Crippen molar-refractivity contribution in [1.29, 1.82) is 0 Å². The van der Waals surface area contributed by atoms with Crippen LogP contribution in [0, 0.1) is 0 Å². The number of amides is 1. The van der Waals surface area contributed by atoms with Crippen LogP contribution in [0.5, 0.6) is 0 Å². The number of aryl methyl sites for hydroxylation is 1. The van der Waals surface area contributed by atoms with E-state index in [4.69, 9.17) is 4.42 Å². The van der Waals surface area contributed by atoms with E-state index in [2.05, 4.69) is 35.3 Å². The Kier molecular flexibility index (Phi) is 4.18. The summed E-state index contributed by atoms with van der Waals surface area (Å²) in [6, 6.07) is 12.3. The summed E-state index contributed by atoms with van der Waals surface area (Å²) in [5.41, 5.74) is 2.51. The van der Waals surface area contributed by atoms with E-state index in [0.29, 0.717) is 12.6 Å². The number of rotatable bonds is 4. The Morgan fingerprint density at radius 2 is 2.18 bits per heavy atom. The molecule has 1 aliphatic heterocycles. The van der Waals surface area contributed by atoms with Gasteiger partial charge in [0.2, 0.25) is 5.91 Å². The maximum Gasteiger partial charge on any atom is 0.240 e. The van der Waals surface area contributed by atoms with Gasteiger partial charge in [-0.25, -0.2) is 0 Å². The normalized spacial score (nSPS) is 18.6. The highest BCUT2D eigenvalue weighted by Crippen LogP contribution is 2.30. The summed E-state index contributed by atoms with van der Waals surface area (Å²) in [4.78, 5) is 14.6. The van der Waals surface area contributed by atoms with Gasteiger partial charge in [0, 0.05) is 11.7 Å². The topological polar surface area (TPSA) is 45.5 Å². The molecule has 116 valence electrons. The van der Waals surface area contributed by atoms with Gasteiger partial charge >= 0.3 is 0 Å². The molecule has 1 aromatic carbocycles. The molecule has 0 bridgehead atoms. The zero-order valence-corrected chi connectivity index (χ0v) is 13.1. The lowest BCUT2D eigenvalue weighted by molar-refractivity contribution is -0.120. The number of carbonyl (C=O) groups is 1. The van der Waals surface area contributed by atoms with Crippen LogP contribution >= 0.6 is 0 Å². The van der Waals surface area contributed by atoms with Crippen LogP contribution < -0.4 is 10.2 Å². The molecule has 1 aromatic heterocycles. The van der Waals surface area contributed by atoms with Crippen molar-refractivity contribution in [3.63, 3.8) is 0 Å². The molecule has 2 heterocycles. The lowest BCUT2D eigenvalue weighted by Gasteiger charge is -2.36.